The van der Waals surface area contributed by atoms with E-state index in [0.29, 0.717) is 16.9 Å². The lowest BCUT2D eigenvalue weighted by atomic mass is 10.1. The van der Waals surface area contributed by atoms with Crippen LogP contribution in [-0.4, -0.2) is 24.7 Å². The Labute approximate surface area is 131 Å². The predicted molar refractivity (Wildman–Crippen MR) is 84.4 cm³/mol. The van der Waals surface area contributed by atoms with E-state index in [1.165, 1.54) is 0 Å². The lowest BCUT2D eigenvalue weighted by Gasteiger charge is -2.13. The fourth-order valence-corrected chi connectivity index (χ4v) is 2.12. The summed E-state index contributed by atoms with van der Waals surface area (Å²) in [6.07, 6.45) is -0.778. The van der Waals surface area contributed by atoms with E-state index < -0.39 is 6.10 Å². The first-order valence-corrected chi connectivity index (χ1v) is 7.25. The van der Waals surface area contributed by atoms with Crippen LogP contribution in [0.25, 0.3) is 0 Å². The van der Waals surface area contributed by atoms with Crippen molar-refractivity contribution in [1.29, 1.82) is 0 Å². The van der Waals surface area contributed by atoms with Crippen molar-refractivity contribution in [3.8, 4) is 5.75 Å². The maximum Gasteiger partial charge on any atom is 0.251 e. The summed E-state index contributed by atoms with van der Waals surface area (Å²) in [5.74, 6) is 0.454. The van der Waals surface area contributed by atoms with Crippen LogP contribution in [0.3, 0.4) is 0 Å². The van der Waals surface area contributed by atoms with Crippen LogP contribution in [0.1, 0.15) is 22.0 Å². The third kappa shape index (κ3) is 4.31. The number of aliphatic hydroxyl groups is 1. The third-order valence-corrected chi connectivity index (χ3v) is 3.57. The smallest absolute Gasteiger partial charge is 0.251 e. The van der Waals surface area contributed by atoms with Gasteiger partial charge in [-0.05, 0) is 42.0 Å². The van der Waals surface area contributed by atoms with Crippen molar-refractivity contribution in [1.82, 2.24) is 5.32 Å². The van der Waals surface area contributed by atoms with Gasteiger partial charge in [-0.25, -0.2) is 0 Å². The monoisotopic (exact) mass is 349 g/mol. The van der Waals surface area contributed by atoms with E-state index in [1.54, 1.807) is 55.6 Å². The quantitative estimate of drug-likeness (QED) is 0.872. The summed E-state index contributed by atoms with van der Waals surface area (Å²) >= 11 is 3.32. The van der Waals surface area contributed by atoms with Crippen molar-refractivity contribution in [2.45, 2.75) is 6.10 Å². The Bertz CT molecular complexity index is 613. The van der Waals surface area contributed by atoms with Gasteiger partial charge < -0.3 is 15.2 Å². The first kappa shape index (κ1) is 15.5. The van der Waals surface area contributed by atoms with Crippen LogP contribution in [-0.2, 0) is 0 Å². The zero-order valence-electron chi connectivity index (χ0n) is 11.5. The van der Waals surface area contributed by atoms with Crippen LogP contribution in [0, 0.1) is 0 Å². The van der Waals surface area contributed by atoms with E-state index in [-0.39, 0.29) is 12.5 Å². The molecule has 0 aliphatic rings. The molecule has 110 valence electrons. The highest BCUT2D eigenvalue weighted by Gasteiger charge is 2.11. The summed E-state index contributed by atoms with van der Waals surface area (Å²) in [6.45, 7) is 0.141. The van der Waals surface area contributed by atoms with Crippen molar-refractivity contribution in [2.24, 2.45) is 0 Å². The Morgan fingerprint density at radius 2 is 2.00 bits per heavy atom. The summed E-state index contributed by atoms with van der Waals surface area (Å²) in [5, 5.41) is 12.8. The van der Waals surface area contributed by atoms with Crippen molar-refractivity contribution >= 4 is 21.8 Å². The Hall–Kier alpha value is -1.85. The number of rotatable bonds is 5. The summed E-state index contributed by atoms with van der Waals surface area (Å²) < 4.78 is 6.02. The van der Waals surface area contributed by atoms with Gasteiger partial charge in [-0.15, -0.1) is 0 Å². The molecule has 2 N–H and O–H groups in total. The van der Waals surface area contributed by atoms with Crippen LogP contribution in [0.5, 0.6) is 5.75 Å². The molecule has 2 rings (SSSR count). The number of hydrogen-bond donors (Lipinski definition) is 2. The predicted octanol–water partition coefficient (Wildman–Crippen LogP) is 2.92. The van der Waals surface area contributed by atoms with Crippen molar-refractivity contribution in [3.05, 3.63) is 64.1 Å². The van der Waals surface area contributed by atoms with Gasteiger partial charge in [0.15, 0.2) is 0 Å². The molecule has 0 radical (unpaired) electrons. The van der Waals surface area contributed by atoms with Crippen LogP contribution in [0.2, 0.25) is 0 Å². The fourth-order valence-electron chi connectivity index (χ4n) is 1.86. The molecule has 1 atom stereocenters. The Balaban J connectivity index is 1.95. The highest BCUT2D eigenvalue weighted by atomic mass is 79.9. The maximum absolute atomic E-state index is 12.0. The largest absolute Gasteiger partial charge is 0.497 e. The molecule has 0 bridgehead atoms. The molecule has 4 nitrogen and oxygen atoms in total. The lowest BCUT2D eigenvalue weighted by Crippen LogP contribution is -2.28. The molecule has 5 heteroatoms. The van der Waals surface area contributed by atoms with E-state index >= 15 is 0 Å². The normalized spacial score (nSPS) is 11.8. The van der Waals surface area contributed by atoms with Crippen LogP contribution < -0.4 is 10.1 Å². The second-order valence-electron chi connectivity index (χ2n) is 4.51. The average molecular weight is 350 g/mol. The maximum atomic E-state index is 12.0. The molecule has 0 aliphatic heterocycles. The molecule has 2 aromatic carbocycles. The Kier molecular flexibility index (Phi) is 5.36. The zero-order chi connectivity index (χ0) is 15.2. The molecule has 2 aromatic rings. The molecule has 1 amide bonds. The first-order chi connectivity index (χ1) is 10.1. The second kappa shape index (κ2) is 7.24. The van der Waals surface area contributed by atoms with Crippen LogP contribution in [0.4, 0.5) is 0 Å². The minimum absolute atomic E-state index is 0.141. The lowest BCUT2D eigenvalue weighted by molar-refractivity contribution is 0.0916. The number of benzene rings is 2. The van der Waals surface area contributed by atoms with Gasteiger partial charge in [-0.2, -0.15) is 0 Å². The number of amides is 1. The van der Waals surface area contributed by atoms with E-state index in [4.69, 9.17) is 4.74 Å². The number of hydrogen-bond acceptors (Lipinski definition) is 3. The molecular weight excluding hydrogens is 334 g/mol. The van der Waals surface area contributed by atoms with Crippen LogP contribution in [0.15, 0.2) is 53.0 Å². The van der Waals surface area contributed by atoms with Gasteiger partial charge in [-0.3, -0.25) is 4.79 Å². The molecule has 0 heterocycles. The van der Waals surface area contributed by atoms with Gasteiger partial charge >= 0.3 is 0 Å². The van der Waals surface area contributed by atoms with Crippen molar-refractivity contribution in [3.63, 3.8) is 0 Å². The number of aliphatic hydroxyl groups excluding tert-OH is 1. The topological polar surface area (TPSA) is 58.6 Å². The third-order valence-electron chi connectivity index (χ3n) is 3.04. The molecule has 0 aliphatic carbocycles. The van der Waals surface area contributed by atoms with Gasteiger partial charge in [0.1, 0.15) is 5.75 Å². The van der Waals surface area contributed by atoms with E-state index in [2.05, 4.69) is 21.2 Å². The highest BCUT2D eigenvalue weighted by molar-refractivity contribution is 9.10. The Morgan fingerprint density at radius 3 is 2.67 bits per heavy atom. The number of ether oxygens (including phenoxy) is 1. The molecular formula is C16H16BrNO3. The number of carbonyl (C=O) groups excluding carboxylic acids is 1. The highest BCUT2D eigenvalue weighted by Crippen LogP contribution is 2.18. The standard InChI is InChI=1S/C16H16BrNO3/c1-21-14-4-2-3-12(9-14)15(19)10-18-16(20)11-5-7-13(17)8-6-11/h2-9,15,19H,10H2,1H3,(H,18,20). The SMILES string of the molecule is COc1cccc(C(O)CNC(=O)c2ccc(Br)cc2)c1. The van der Waals surface area contributed by atoms with Crippen molar-refractivity contribution < 1.29 is 14.6 Å². The second-order valence-corrected chi connectivity index (χ2v) is 5.43. The molecule has 21 heavy (non-hydrogen) atoms. The van der Waals surface area contributed by atoms with Gasteiger partial charge in [-0.1, -0.05) is 28.1 Å². The van der Waals surface area contributed by atoms with Gasteiger partial charge in [0, 0.05) is 16.6 Å². The zero-order valence-corrected chi connectivity index (χ0v) is 13.1. The minimum atomic E-state index is -0.778. The molecule has 0 aromatic heterocycles. The van der Waals surface area contributed by atoms with Gasteiger partial charge in [0.05, 0.1) is 13.2 Å². The first-order valence-electron chi connectivity index (χ1n) is 6.46. The summed E-state index contributed by atoms with van der Waals surface area (Å²) in [4.78, 5) is 12.0. The van der Waals surface area contributed by atoms with Crippen molar-refractivity contribution in [2.75, 3.05) is 13.7 Å². The summed E-state index contributed by atoms with van der Waals surface area (Å²) in [5.41, 5.74) is 1.25. The van der Waals surface area contributed by atoms with Crippen LogP contribution >= 0.6 is 15.9 Å². The fraction of sp³-hybridized carbons (Fsp3) is 0.188. The number of nitrogens with one attached hydrogen (secondary N) is 1. The number of carbonyl (C=O) groups is 1. The average Bonchev–Trinajstić information content (AvgIpc) is 2.53. The number of halogens is 1. The van der Waals surface area contributed by atoms with E-state index in [9.17, 15) is 9.90 Å². The van der Waals surface area contributed by atoms with E-state index in [0.717, 1.165) is 4.47 Å². The molecule has 0 spiro atoms. The van der Waals surface area contributed by atoms with Gasteiger partial charge in [0.25, 0.3) is 5.91 Å². The minimum Gasteiger partial charge on any atom is -0.497 e. The number of methoxy groups -OCH3 is 1. The molecule has 1 unspecified atom stereocenters. The molecule has 0 saturated heterocycles. The van der Waals surface area contributed by atoms with E-state index in [1.807, 2.05) is 0 Å². The summed E-state index contributed by atoms with van der Waals surface area (Å²) in [7, 11) is 1.57. The molecule has 0 saturated carbocycles. The Morgan fingerprint density at radius 1 is 1.29 bits per heavy atom. The van der Waals surface area contributed by atoms with Gasteiger partial charge in [0.2, 0.25) is 0 Å². The molecule has 0 fully saturated rings. The summed E-state index contributed by atoms with van der Waals surface area (Å²) in [6, 6.07) is 14.2.